The molecule has 0 aliphatic carbocycles. The van der Waals surface area contributed by atoms with Gasteiger partial charge in [-0.1, -0.05) is 0 Å². The van der Waals surface area contributed by atoms with Crippen molar-refractivity contribution < 1.29 is 12.8 Å². The molecule has 0 aliphatic rings. The zero-order valence-electron chi connectivity index (χ0n) is 10.0. The van der Waals surface area contributed by atoms with Crippen LogP contribution >= 0.6 is 0 Å². The molecular formula is C12H15FN2O2S. The van der Waals surface area contributed by atoms with Crippen molar-refractivity contribution in [2.24, 2.45) is 0 Å². The average molecular weight is 270 g/mol. The average Bonchev–Trinajstić information content (AvgIpc) is 2.29. The van der Waals surface area contributed by atoms with Crippen molar-refractivity contribution in [3.8, 4) is 12.3 Å². The van der Waals surface area contributed by atoms with Crippen LogP contribution in [0.25, 0.3) is 0 Å². The fourth-order valence-corrected chi connectivity index (χ4v) is 2.79. The summed E-state index contributed by atoms with van der Waals surface area (Å²) < 4.78 is 39.6. The van der Waals surface area contributed by atoms with Crippen LogP contribution in [0.2, 0.25) is 0 Å². The van der Waals surface area contributed by atoms with E-state index in [-0.39, 0.29) is 22.7 Å². The molecule has 1 rings (SSSR count). The van der Waals surface area contributed by atoms with Crippen molar-refractivity contribution in [2.75, 3.05) is 12.3 Å². The Hall–Kier alpha value is -1.58. The van der Waals surface area contributed by atoms with Crippen LogP contribution in [0.1, 0.15) is 18.4 Å². The molecule has 3 N–H and O–H groups in total. The van der Waals surface area contributed by atoms with Gasteiger partial charge < -0.3 is 5.73 Å². The second-order valence-electron chi connectivity index (χ2n) is 3.83. The lowest BCUT2D eigenvalue weighted by Gasteiger charge is -2.10. The molecule has 4 nitrogen and oxygen atoms in total. The largest absolute Gasteiger partial charge is 0.399 e. The SMILES string of the molecule is C#CCCCNS(=O)(=O)c1cc(N)cc(F)c1C. The van der Waals surface area contributed by atoms with Crippen LogP contribution in [-0.2, 0) is 10.0 Å². The number of nitrogen functional groups attached to an aromatic ring is 1. The molecule has 0 heterocycles. The van der Waals surface area contributed by atoms with Crippen molar-refractivity contribution in [2.45, 2.75) is 24.7 Å². The fourth-order valence-electron chi connectivity index (χ4n) is 1.43. The monoisotopic (exact) mass is 270 g/mol. The minimum Gasteiger partial charge on any atom is -0.399 e. The summed E-state index contributed by atoms with van der Waals surface area (Å²) in [7, 11) is -3.76. The van der Waals surface area contributed by atoms with Crippen LogP contribution < -0.4 is 10.5 Å². The molecule has 0 radical (unpaired) electrons. The highest BCUT2D eigenvalue weighted by Crippen LogP contribution is 2.21. The number of terminal acetylenes is 1. The number of nitrogens with one attached hydrogen (secondary N) is 1. The number of hydrogen-bond donors (Lipinski definition) is 2. The minimum atomic E-state index is -3.76. The molecule has 0 aromatic heterocycles. The predicted molar refractivity (Wildman–Crippen MR) is 68.8 cm³/mol. The van der Waals surface area contributed by atoms with Gasteiger partial charge in [-0.2, -0.15) is 0 Å². The topological polar surface area (TPSA) is 72.2 Å². The second kappa shape index (κ2) is 5.85. The summed E-state index contributed by atoms with van der Waals surface area (Å²) in [6.45, 7) is 1.60. The molecule has 0 unspecified atom stereocenters. The van der Waals surface area contributed by atoms with Gasteiger partial charge in [0, 0.05) is 24.2 Å². The van der Waals surface area contributed by atoms with Gasteiger partial charge in [0.25, 0.3) is 0 Å². The minimum absolute atomic E-state index is 0.0497. The summed E-state index contributed by atoms with van der Waals surface area (Å²) in [5.74, 6) is 1.77. The third-order valence-corrected chi connectivity index (χ3v) is 3.99. The van der Waals surface area contributed by atoms with Crippen molar-refractivity contribution >= 4 is 15.7 Å². The van der Waals surface area contributed by atoms with E-state index < -0.39 is 15.8 Å². The first-order chi connectivity index (χ1) is 8.38. The van der Waals surface area contributed by atoms with E-state index in [0.29, 0.717) is 12.8 Å². The first-order valence-corrected chi connectivity index (χ1v) is 6.85. The smallest absolute Gasteiger partial charge is 0.241 e. The zero-order chi connectivity index (χ0) is 13.8. The fraction of sp³-hybridized carbons (Fsp3) is 0.333. The first-order valence-electron chi connectivity index (χ1n) is 5.37. The third-order valence-electron chi connectivity index (χ3n) is 2.40. The van der Waals surface area contributed by atoms with Gasteiger partial charge >= 0.3 is 0 Å². The summed E-state index contributed by atoms with van der Waals surface area (Å²) in [5.41, 5.74) is 5.56. The molecule has 6 heteroatoms. The van der Waals surface area contributed by atoms with E-state index in [0.717, 1.165) is 6.07 Å². The molecule has 0 fully saturated rings. The number of anilines is 1. The lowest BCUT2D eigenvalue weighted by atomic mass is 10.2. The maximum atomic E-state index is 13.4. The molecule has 0 atom stereocenters. The van der Waals surface area contributed by atoms with Gasteiger partial charge in [0.2, 0.25) is 10.0 Å². The van der Waals surface area contributed by atoms with E-state index in [1.807, 2.05) is 0 Å². The van der Waals surface area contributed by atoms with E-state index in [9.17, 15) is 12.8 Å². The molecule has 0 saturated carbocycles. The Morgan fingerprint density at radius 3 is 2.78 bits per heavy atom. The summed E-state index contributed by atoms with van der Waals surface area (Å²) in [6, 6.07) is 2.33. The Labute approximate surface area is 106 Å². The molecule has 1 aromatic rings. The van der Waals surface area contributed by atoms with E-state index in [1.165, 1.54) is 13.0 Å². The first kappa shape index (κ1) is 14.5. The Balaban J connectivity index is 2.96. The molecule has 1 aromatic carbocycles. The zero-order valence-corrected chi connectivity index (χ0v) is 10.8. The van der Waals surface area contributed by atoms with Gasteiger partial charge in [-0.25, -0.2) is 17.5 Å². The maximum Gasteiger partial charge on any atom is 0.241 e. The molecule has 18 heavy (non-hydrogen) atoms. The van der Waals surface area contributed by atoms with E-state index in [1.54, 1.807) is 0 Å². The molecule has 0 saturated heterocycles. The highest BCUT2D eigenvalue weighted by molar-refractivity contribution is 7.89. The van der Waals surface area contributed by atoms with E-state index in [4.69, 9.17) is 12.2 Å². The summed E-state index contributed by atoms with van der Waals surface area (Å²) in [5, 5.41) is 0. The molecule has 98 valence electrons. The Bertz CT molecular complexity index is 576. The molecule has 0 amide bonds. The van der Waals surface area contributed by atoms with Crippen molar-refractivity contribution in [3.05, 3.63) is 23.5 Å². The van der Waals surface area contributed by atoms with E-state index in [2.05, 4.69) is 10.6 Å². The summed E-state index contributed by atoms with van der Waals surface area (Å²) >= 11 is 0. The highest BCUT2D eigenvalue weighted by Gasteiger charge is 2.19. The number of halogens is 1. The van der Waals surface area contributed by atoms with Crippen LogP contribution in [0.4, 0.5) is 10.1 Å². The van der Waals surface area contributed by atoms with Crippen molar-refractivity contribution in [1.82, 2.24) is 4.72 Å². The van der Waals surface area contributed by atoms with Gasteiger partial charge in [0.05, 0.1) is 4.90 Å². The van der Waals surface area contributed by atoms with Gasteiger partial charge in [0.1, 0.15) is 5.82 Å². The van der Waals surface area contributed by atoms with Crippen LogP contribution in [0.15, 0.2) is 17.0 Å². The van der Waals surface area contributed by atoms with Gasteiger partial charge in [-0.05, 0) is 25.5 Å². The standard InChI is InChI=1S/C12H15FN2O2S/c1-3-4-5-6-15-18(16,17)12-8-10(14)7-11(13)9(12)2/h1,7-8,15H,4-6,14H2,2H3. The predicted octanol–water partition coefficient (Wildman–Crippen LogP) is 1.41. The van der Waals surface area contributed by atoms with Crippen molar-refractivity contribution in [3.63, 3.8) is 0 Å². The number of nitrogens with two attached hydrogens (primary N) is 1. The molecule has 0 spiro atoms. The van der Waals surface area contributed by atoms with Crippen LogP contribution in [0, 0.1) is 25.1 Å². The normalized spacial score (nSPS) is 11.2. The quantitative estimate of drug-likeness (QED) is 0.483. The number of unbranched alkanes of at least 4 members (excludes halogenated alkanes) is 1. The maximum absolute atomic E-state index is 13.4. The lowest BCUT2D eigenvalue weighted by Crippen LogP contribution is -2.25. The Kier molecular flexibility index (Phi) is 4.70. The van der Waals surface area contributed by atoms with Gasteiger partial charge in [-0.15, -0.1) is 12.3 Å². The van der Waals surface area contributed by atoms with Gasteiger partial charge in [0.15, 0.2) is 0 Å². The highest BCUT2D eigenvalue weighted by atomic mass is 32.2. The number of hydrogen-bond acceptors (Lipinski definition) is 3. The Morgan fingerprint density at radius 1 is 1.50 bits per heavy atom. The number of benzene rings is 1. The number of rotatable bonds is 5. The summed E-state index contributed by atoms with van der Waals surface area (Å²) in [6.07, 6.45) is 6.07. The van der Waals surface area contributed by atoms with Crippen LogP contribution in [0.5, 0.6) is 0 Å². The van der Waals surface area contributed by atoms with Crippen LogP contribution in [0.3, 0.4) is 0 Å². The van der Waals surface area contributed by atoms with E-state index >= 15 is 0 Å². The molecule has 0 aliphatic heterocycles. The van der Waals surface area contributed by atoms with Gasteiger partial charge in [-0.3, -0.25) is 0 Å². The number of sulfonamides is 1. The molecular weight excluding hydrogens is 255 g/mol. The van der Waals surface area contributed by atoms with Crippen LogP contribution in [-0.4, -0.2) is 15.0 Å². The molecule has 0 bridgehead atoms. The third kappa shape index (κ3) is 3.45. The summed E-state index contributed by atoms with van der Waals surface area (Å²) in [4.78, 5) is -0.138. The Morgan fingerprint density at radius 2 is 2.17 bits per heavy atom. The second-order valence-corrected chi connectivity index (χ2v) is 5.57. The van der Waals surface area contributed by atoms with Crippen molar-refractivity contribution in [1.29, 1.82) is 0 Å². The lowest BCUT2D eigenvalue weighted by molar-refractivity contribution is 0.573.